The van der Waals surface area contributed by atoms with Gasteiger partial charge in [-0.2, -0.15) is 0 Å². The van der Waals surface area contributed by atoms with E-state index in [0.29, 0.717) is 11.1 Å². The van der Waals surface area contributed by atoms with E-state index in [1.807, 2.05) is 13.8 Å². The number of hydrazine groups is 2. The number of nitrogens with one attached hydrogen (secondary N) is 4. The summed E-state index contributed by atoms with van der Waals surface area (Å²) < 4.78 is 0.325. The van der Waals surface area contributed by atoms with Crippen molar-refractivity contribution in [2.24, 2.45) is 0 Å². The van der Waals surface area contributed by atoms with Gasteiger partial charge in [0, 0.05) is 37.1 Å². The first-order valence-electron chi connectivity index (χ1n) is 13.1. The van der Waals surface area contributed by atoms with E-state index in [2.05, 4.69) is 21.7 Å². The summed E-state index contributed by atoms with van der Waals surface area (Å²) in [7, 11) is 0. The molecule has 0 unspecified atom stereocenters. The van der Waals surface area contributed by atoms with Gasteiger partial charge in [-0.3, -0.25) is 60.3 Å². The van der Waals surface area contributed by atoms with E-state index in [9.17, 15) is 28.8 Å². The first-order chi connectivity index (χ1) is 20.9. The quantitative estimate of drug-likeness (QED) is 0.187. The van der Waals surface area contributed by atoms with Gasteiger partial charge in [0.05, 0.1) is 9.81 Å². The first kappa shape index (κ1) is 32.8. The van der Waals surface area contributed by atoms with Gasteiger partial charge in [-0.1, -0.05) is 83.4 Å². The average Bonchev–Trinajstić information content (AvgIpc) is 3.44. The zero-order valence-corrected chi connectivity index (χ0v) is 26.7. The normalized spacial score (nSPS) is 16.3. The van der Waals surface area contributed by atoms with E-state index in [4.69, 9.17) is 24.4 Å². The maximum absolute atomic E-state index is 13.1. The highest BCUT2D eigenvalue weighted by molar-refractivity contribution is 8.29. The Hall–Kier alpha value is -4.12. The number of nitrogens with zero attached hydrogens (tertiary/aromatic N) is 2. The van der Waals surface area contributed by atoms with Gasteiger partial charge in [-0.05, 0) is 38.1 Å². The minimum Gasteiger partial charge on any atom is -0.292 e. The Morgan fingerprint density at radius 3 is 1.30 bits per heavy atom. The van der Waals surface area contributed by atoms with Crippen LogP contribution in [0.4, 0.5) is 0 Å². The molecule has 2 saturated heterocycles. The lowest BCUT2D eigenvalue weighted by molar-refractivity contribution is -0.126. The van der Waals surface area contributed by atoms with E-state index >= 15 is 0 Å². The molecule has 228 valence electrons. The van der Waals surface area contributed by atoms with Crippen LogP contribution in [0.1, 0.15) is 44.7 Å². The van der Waals surface area contributed by atoms with Crippen LogP contribution in [0.15, 0.2) is 58.3 Å². The Bertz CT molecular complexity index is 1470. The number of thioether (sulfide) groups is 2. The van der Waals surface area contributed by atoms with Gasteiger partial charge in [-0.15, -0.1) is 0 Å². The molecule has 4 N–H and O–H groups in total. The molecule has 44 heavy (non-hydrogen) atoms. The predicted octanol–water partition coefficient (Wildman–Crippen LogP) is 2.24. The Morgan fingerprint density at radius 2 is 0.955 bits per heavy atom. The average molecular weight is 671 g/mol. The molecule has 0 aliphatic carbocycles. The van der Waals surface area contributed by atoms with Crippen LogP contribution in [0.3, 0.4) is 0 Å². The van der Waals surface area contributed by atoms with E-state index in [-0.39, 0.29) is 44.4 Å². The molecule has 0 radical (unpaired) electrons. The van der Waals surface area contributed by atoms with Crippen LogP contribution < -0.4 is 21.7 Å². The smallest absolute Gasteiger partial charge is 0.269 e. The summed E-state index contributed by atoms with van der Waals surface area (Å²) in [5.74, 6) is -3.16. The molecule has 0 bridgehead atoms. The number of thiocarbonyl (C=S) groups is 2. The van der Waals surface area contributed by atoms with Crippen LogP contribution in [0.25, 0.3) is 0 Å². The molecule has 2 heterocycles. The van der Waals surface area contributed by atoms with Gasteiger partial charge in [0.25, 0.3) is 23.6 Å². The second-order valence-electron chi connectivity index (χ2n) is 9.54. The summed E-state index contributed by atoms with van der Waals surface area (Å²) in [6.07, 6.45) is -0.325. The van der Waals surface area contributed by atoms with Gasteiger partial charge in [0.15, 0.2) is 0 Å². The summed E-state index contributed by atoms with van der Waals surface area (Å²) >= 11 is 12.5. The fourth-order valence-electron chi connectivity index (χ4n) is 3.81. The molecule has 2 aliphatic rings. The molecule has 2 aromatic carbocycles. The first-order valence-corrected chi connectivity index (χ1v) is 15.5. The highest BCUT2D eigenvalue weighted by Crippen LogP contribution is 2.42. The minimum absolute atomic E-state index is 0.0742. The Balaban J connectivity index is 1.26. The van der Waals surface area contributed by atoms with Crippen molar-refractivity contribution in [3.63, 3.8) is 0 Å². The topological polar surface area (TPSA) is 157 Å². The molecular weight excluding hydrogens is 645 g/mol. The van der Waals surface area contributed by atoms with Crippen molar-refractivity contribution in [3.05, 3.63) is 80.6 Å². The number of carbonyl (C=O) groups is 6. The number of aryl methyl sites for hydroxylation is 2. The van der Waals surface area contributed by atoms with Gasteiger partial charge in [-0.25, -0.2) is 0 Å². The molecule has 6 amide bonds. The molecule has 0 saturated carbocycles. The number of hydrogen-bond donors (Lipinski definition) is 4. The number of hydrogen-bond acceptors (Lipinski definition) is 10. The zero-order chi connectivity index (χ0) is 32.0. The maximum Gasteiger partial charge on any atom is 0.269 e. The lowest BCUT2D eigenvalue weighted by Gasteiger charge is -2.15. The number of amides is 6. The monoisotopic (exact) mass is 670 g/mol. The highest BCUT2D eigenvalue weighted by Gasteiger charge is 2.42. The largest absolute Gasteiger partial charge is 0.292 e. The summed E-state index contributed by atoms with van der Waals surface area (Å²) in [6.45, 7) is 3.63. The molecular formula is C28H26N6O6S4. The van der Waals surface area contributed by atoms with Crippen molar-refractivity contribution >= 4 is 92.0 Å². The molecule has 2 aliphatic heterocycles. The van der Waals surface area contributed by atoms with Crippen LogP contribution in [-0.2, 0) is 19.2 Å². The third-order valence-corrected chi connectivity index (χ3v) is 9.31. The Kier molecular flexibility index (Phi) is 10.9. The van der Waals surface area contributed by atoms with Crippen LogP contribution in [0.2, 0.25) is 0 Å². The van der Waals surface area contributed by atoms with Crippen molar-refractivity contribution in [2.75, 3.05) is 13.1 Å². The second-order valence-corrected chi connectivity index (χ2v) is 12.8. The SMILES string of the molecule is Cc1ccc(C(=O)NNC(=O)CCN2C(=O)/C(=C3\SC(=S)N(CCC(=O)NNC(=O)c4ccc(C)cc4)C3=O)SC2=S)cc1. The van der Waals surface area contributed by atoms with Crippen molar-refractivity contribution < 1.29 is 28.8 Å². The third kappa shape index (κ3) is 8.07. The van der Waals surface area contributed by atoms with E-state index < -0.39 is 35.4 Å². The molecule has 0 spiro atoms. The van der Waals surface area contributed by atoms with Gasteiger partial charge in [0.1, 0.15) is 8.64 Å². The van der Waals surface area contributed by atoms with Crippen molar-refractivity contribution in [1.29, 1.82) is 0 Å². The maximum atomic E-state index is 13.1. The number of benzene rings is 2. The predicted molar refractivity (Wildman–Crippen MR) is 174 cm³/mol. The van der Waals surface area contributed by atoms with E-state index in [1.54, 1.807) is 48.5 Å². The van der Waals surface area contributed by atoms with Gasteiger partial charge >= 0.3 is 0 Å². The lowest BCUT2D eigenvalue weighted by Crippen LogP contribution is -2.43. The Labute approximate surface area is 271 Å². The van der Waals surface area contributed by atoms with Crippen molar-refractivity contribution in [3.8, 4) is 0 Å². The lowest BCUT2D eigenvalue weighted by atomic mass is 10.1. The molecule has 2 fully saturated rings. The van der Waals surface area contributed by atoms with Crippen LogP contribution in [0, 0.1) is 13.8 Å². The molecule has 0 atom stereocenters. The van der Waals surface area contributed by atoms with Gasteiger partial charge < -0.3 is 0 Å². The van der Waals surface area contributed by atoms with Gasteiger partial charge in [0.2, 0.25) is 11.8 Å². The van der Waals surface area contributed by atoms with Crippen LogP contribution >= 0.6 is 48.0 Å². The van der Waals surface area contributed by atoms with E-state index in [0.717, 1.165) is 34.7 Å². The fraction of sp³-hybridized carbons (Fsp3) is 0.214. The summed E-state index contributed by atoms with van der Waals surface area (Å²) in [4.78, 5) is 77.8. The third-order valence-electron chi connectivity index (χ3n) is 6.29. The number of rotatable bonds is 8. The Morgan fingerprint density at radius 1 is 0.614 bits per heavy atom. The standard InChI is InChI=1S/C28H26N6O6S4/c1-15-3-7-17(8-4-15)23(37)31-29-19(35)11-13-33-25(39)21(43-27(33)41)22-26(40)34(28(42)44-22)14-12-20(36)30-32-24(38)18-9-5-16(2)6-10-18/h3-10H,11-14H2,1-2H3,(H,29,35)(H,30,36)(H,31,37)(H,32,38)/b22-21+. The molecule has 16 heteroatoms. The molecule has 4 rings (SSSR count). The van der Waals surface area contributed by atoms with Crippen LogP contribution in [-0.4, -0.2) is 67.0 Å². The zero-order valence-electron chi connectivity index (χ0n) is 23.4. The summed E-state index contributed by atoms with van der Waals surface area (Å²) in [6, 6.07) is 13.6. The molecule has 0 aromatic heterocycles. The second kappa shape index (κ2) is 14.6. The van der Waals surface area contributed by atoms with Crippen molar-refractivity contribution in [1.82, 2.24) is 31.5 Å². The molecule has 12 nitrogen and oxygen atoms in total. The highest BCUT2D eigenvalue weighted by atomic mass is 32.2. The van der Waals surface area contributed by atoms with Crippen LogP contribution in [0.5, 0.6) is 0 Å². The van der Waals surface area contributed by atoms with E-state index in [1.165, 1.54) is 9.80 Å². The summed E-state index contributed by atoms with van der Waals surface area (Å²) in [5.41, 5.74) is 12.0. The van der Waals surface area contributed by atoms with Crippen molar-refractivity contribution in [2.45, 2.75) is 26.7 Å². The number of carbonyl (C=O) groups excluding carboxylic acids is 6. The summed E-state index contributed by atoms with van der Waals surface area (Å²) in [5, 5.41) is 0. The molecule has 2 aromatic rings. The minimum atomic E-state index is -0.548. The fourth-order valence-corrected chi connectivity index (χ4v) is 6.59.